The number of amides is 2. The molecule has 2 aromatic carbocycles. The van der Waals surface area contributed by atoms with Crippen molar-refractivity contribution in [2.24, 2.45) is 0 Å². The molecule has 2 amide bonds. The molecule has 1 atom stereocenters. The molecule has 1 unspecified atom stereocenters. The minimum Gasteiger partial charge on any atom is -0.508 e. The quantitative estimate of drug-likeness (QED) is 0.729. The molecule has 0 bridgehead atoms. The number of hydrazine groups is 1. The molecular weight excluding hydrogens is 320 g/mol. The fraction of sp³-hybridized carbons (Fsp3) is 0.263. The molecule has 0 saturated carbocycles. The first kappa shape index (κ1) is 17.0. The van der Waals surface area contributed by atoms with Gasteiger partial charge in [0.2, 0.25) is 5.60 Å². The first-order valence-corrected chi connectivity index (χ1v) is 8.24. The predicted octanol–water partition coefficient (Wildman–Crippen LogP) is 2.36. The van der Waals surface area contributed by atoms with Crippen molar-refractivity contribution in [2.75, 3.05) is 5.01 Å². The zero-order chi connectivity index (χ0) is 18.0. The third-order valence-corrected chi connectivity index (χ3v) is 4.36. The Bertz CT molecular complexity index is 803. The van der Waals surface area contributed by atoms with Crippen LogP contribution in [0.25, 0.3) is 11.1 Å². The number of aliphatic hydroxyl groups is 1. The number of carbonyl (C=O) groups is 2. The highest BCUT2D eigenvalue weighted by Crippen LogP contribution is 2.34. The van der Waals surface area contributed by atoms with E-state index in [1.165, 1.54) is 0 Å². The summed E-state index contributed by atoms with van der Waals surface area (Å²) in [5, 5.41) is 21.1. The number of benzene rings is 2. The molecule has 1 heterocycles. The second kappa shape index (κ2) is 6.57. The van der Waals surface area contributed by atoms with E-state index in [0.717, 1.165) is 17.0 Å². The SMILES string of the molecule is CCCCC1(O)C(=O)NN(c2ccccc2-c2ccc(O)cc2)C1=O. The summed E-state index contributed by atoms with van der Waals surface area (Å²) >= 11 is 0. The van der Waals surface area contributed by atoms with Crippen LogP contribution in [0, 0.1) is 0 Å². The first-order chi connectivity index (χ1) is 12.0. The van der Waals surface area contributed by atoms with Gasteiger partial charge in [-0.15, -0.1) is 0 Å². The molecule has 1 aliphatic rings. The van der Waals surface area contributed by atoms with Crippen LogP contribution in [-0.2, 0) is 9.59 Å². The van der Waals surface area contributed by atoms with E-state index in [4.69, 9.17) is 0 Å². The standard InChI is InChI=1S/C19H20N2O4/c1-2-3-12-19(25)17(23)20-21(18(19)24)16-7-5-4-6-15(16)13-8-10-14(22)11-9-13/h4-11,22,25H,2-3,12H2,1H3,(H,20,23). The van der Waals surface area contributed by atoms with Crippen LogP contribution in [0.5, 0.6) is 5.75 Å². The third-order valence-electron chi connectivity index (χ3n) is 4.36. The van der Waals surface area contributed by atoms with Gasteiger partial charge in [-0.3, -0.25) is 15.0 Å². The number of anilines is 1. The third kappa shape index (κ3) is 2.96. The van der Waals surface area contributed by atoms with Crippen molar-refractivity contribution >= 4 is 17.5 Å². The van der Waals surface area contributed by atoms with Crippen LogP contribution >= 0.6 is 0 Å². The van der Waals surface area contributed by atoms with Gasteiger partial charge < -0.3 is 10.2 Å². The molecule has 3 rings (SSSR count). The maximum Gasteiger partial charge on any atom is 0.287 e. The zero-order valence-corrected chi connectivity index (χ0v) is 13.9. The molecule has 1 saturated heterocycles. The Morgan fingerprint density at radius 1 is 1.08 bits per heavy atom. The fourth-order valence-corrected chi connectivity index (χ4v) is 2.90. The van der Waals surface area contributed by atoms with E-state index in [2.05, 4.69) is 5.43 Å². The lowest BCUT2D eigenvalue weighted by Crippen LogP contribution is -2.43. The van der Waals surface area contributed by atoms with Gasteiger partial charge in [-0.05, 0) is 36.6 Å². The highest BCUT2D eigenvalue weighted by atomic mass is 16.3. The number of nitrogens with one attached hydrogen (secondary N) is 1. The summed E-state index contributed by atoms with van der Waals surface area (Å²) in [6.45, 7) is 1.93. The van der Waals surface area contributed by atoms with E-state index in [0.29, 0.717) is 17.7 Å². The molecule has 2 aromatic rings. The van der Waals surface area contributed by atoms with E-state index in [1.54, 1.807) is 36.4 Å². The Hall–Kier alpha value is -2.86. The van der Waals surface area contributed by atoms with Crippen LogP contribution in [0.4, 0.5) is 5.69 Å². The summed E-state index contributed by atoms with van der Waals surface area (Å²) in [5.74, 6) is -1.23. The van der Waals surface area contributed by atoms with Gasteiger partial charge in [0.1, 0.15) is 5.75 Å². The molecule has 25 heavy (non-hydrogen) atoms. The summed E-state index contributed by atoms with van der Waals surface area (Å²) < 4.78 is 0. The second-order valence-corrected chi connectivity index (χ2v) is 6.11. The lowest BCUT2D eigenvalue weighted by molar-refractivity contribution is -0.145. The summed E-state index contributed by atoms with van der Waals surface area (Å²) in [7, 11) is 0. The van der Waals surface area contributed by atoms with E-state index < -0.39 is 17.4 Å². The van der Waals surface area contributed by atoms with Gasteiger partial charge in [-0.1, -0.05) is 43.7 Å². The maximum atomic E-state index is 12.7. The molecule has 1 fully saturated rings. The van der Waals surface area contributed by atoms with Crippen molar-refractivity contribution in [2.45, 2.75) is 31.8 Å². The molecular formula is C19H20N2O4. The summed E-state index contributed by atoms with van der Waals surface area (Å²) in [6, 6.07) is 13.6. The van der Waals surface area contributed by atoms with E-state index in [-0.39, 0.29) is 12.2 Å². The molecule has 1 aliphatic heterocycles. The normalized spacial score (nSPS) is 20.0. The average Bonchev–Trinajstić information content (AvgIpc) is 2.85. The van der Waals surface area contributed by atoms with Crippen molar-refractivity contribution in [3.05, 3.63) is 48.5 Å². The lowest BCUT2D eigenvalue weighted by Gasteiger charge is -2.21. The molecule has 0 aliphatic carbocycles. The summed E-state index contributed by atoms with van der Waals surface area (Å²) in [4.78, 5) is 25.0. The van der Waals surface area contributed by atoms with E-state index in [1.807, 2.05) is 19.1 Å². The lowest BCUT2D eigenvalue weighted by atomic mass is 9.96. The number of unbranched alkanes of at least 4 members (excludes halogenated alkanes) is 1. The summed E-state index contributed by atoms with van der Waals surface area (Å²) in [6.07, 6.45) is 1.43. The van der Waals surface area contributed by atoms with Crippen LogP contribution < -0.4 is 10.4 Å². The van der Waals surface area contributed by atoms with Gasteiger partial charge in [-0.25, -0.2) is 5.01 Å². The number of para-hydroxylation sites is 1. The number of aromatic hydroxyl groups is 1. The topological polar surface area (TPSA) is 89.9 Å². The Labute approximate surface area is 145 Å². The van der Waals surface area contributed by atoms with Crippen molar-refractivity contribution in [3.63, 3.8) is 0 Å². The number of phenolic OH excluding ortho intramolecular Hbond substituents is 1. The van der Waals surface area contributed by atoms with Crippen LogP contribution in [0.1, 0.15) is 26.2 Å². The number of hydrogen-bond acceptors (Lipinski definition) is 4. The Kier molecular flexibility index (Phi) is 4.46. The van der Waals surface area contributed by atoms with Crippen molar-refractivity contribution in [3.8, 4) is 16.9 Å². The van der Waals surface area contributed by atoms with Gasteiger partial charge >= 0.3 is 0 Å². The molecule has 3 N–H and O–H groups in total. The number of carbonyl (C=O) groups excluding carboxylic acids is 2. The predicted molar refractivity (Wildman–Crippen MR) is 93.6 cm³/mol. The van der Waals surface area contributed by atoms with Crippen LogP contribution in [-0.4, -0.2) is 27.6 Å². The highest BCUT2D eigenvalue weighted by Gasteiger charge is 2.53. The average molecular weight is 340 g/mol. The monoisotopic (exact) mass is 340 g/mol. The molecule has 6 nitrogen and oxygen atoms in total. The van der Waals surface area contributed by atoms with Gasteiger partial charge in [0.25, 0.3) is 11.8 Å². The second-order valence-electron chi connectivity index (χ2n) is 6.11. The fourth-order valence-electron chi connectivity index (χ4n) is 2.90. The van der Waals surface area contributed by atoms with Crippen molar-refractivity contribution < 1.29 is 19.8 Å². The number of phenols is 1. The van der Waals surface area contributed by atoms with E-state index >= 15 is 0 Å². The van der Waals surface area contributed by atoms with Crippen molar-refractivity contribution in [1.82, 2.24) is 5.43 Å². The molecule has 130 valence electrons. The van der Waals surface area contributed by atoms with Crippen LogP contribution in [0.2, 0.25) is 0 Å². The minimum absolute atomic E-state index is 0.0893. The van der Waals surface area contributed by atoms with E-state index in [9.17, 15) is 19.8 Å². The van der Waals surface area contributed by atoms with Gasteiger partial charge in [0.05, 0.1) is 5.69 Å². The number of nitrogens with zero attached hydrogens (tertiary/aromatic N) is 1. The minimum atomic E-state index is -2.03. The van der Waals surface area contributed by atoms with Gasteiger partial charge in [-0.2, -0.15) is 0 Å². The first-order valence-electron chi connectivity index (χ1n) is 8.24. The molecule has 6 heteroatoms. The largest absolute Gasteiger partial charge is 0.508 e. The van der Waals surface area contributed by atoms with Crippen molar-refractivity contribution in [1.29, 1.82) is 0 Å². The maximum absolute atomic E-state index is 12.7. The van der Waals surface area contributed by atoms with Gasteiger partial charge in [0.15, 0.2) is 0 Å². The Morgan fingerprint density at radius 2 is 1.76 bits per heavy atom. The number of hydrogen-bond donors (Lipinski definition) is 3. The molecule has 0 spiro atoms. The van der Waals surface area contributed by atoms with Crippen LogP contribution in [0.3, 0.4) is 0 Å². The van der Waals surface area contributed by atoms with Gasteiger partial charge in [0, 0.05) is 5.56 Å². The Balaban J connectivity index is 1.99. The Morgan fingerprint density at radius 3 is 2.44 bits per heavy atom. The highest BCUT2D eigenvalue weighted by molar-refractivity contribution is 6.21. The molecule has 0 aromatic heterocycles. The zero-order valence-electron chi connectivity index (χ0n) is 13.9. The smallest absolute Gasteiger partial charge is 0.287 e. The van der Waals surface area contributed by atoms with Crippen LogP contribution in [0.15, 0.2) is 48.5 Å². The molecule has 0 radical (unpaired) electrons. The summed E-state index contributed by atoms with van der Waals surface area (Å²) in [5.41, 5.74) is 2.41. The number of rotatable bonds is 5.